The summed E-state index contributed by atoms with van der Waals surface area (Å²) >= 11 is 0. The third-order valence-electron chi connectivity index (χ3n) is 3.36. The van der Waals surface area contributed by atoms with E-state index >= 15 is 0 Å². The van der Waals surface area contributed by atoms with Crippen LogP contribution < -0.4 is 0 Å². The standard InChI is InChI=1S/C19H17NO3/c1-2-17(21)18(20)15-10-14(11-16(12-15)19(22)23)9-8-13-6-4-3-5-7-13/h3-12,20H,2H2,1H3,(H,22,23)/b9-8+,20-18?. The highest BCUT2D eigenvalue weighted by Crippen LogP contribution is 2.15. The third kappa shape index (κ3) is 4.23. The van der Waals surface area contributed by atoms with Crippen LogP contribution in [0.2, 0.25) is 0 Å². The highest BCUT2D eigenvalue weighted by Gasteiger charge is 2.13. The first-order valence-corrected chi connectivity index (χ1v) is 7.25. The summed E-state index contributed by atoms with van der Waals surface area (Å²) in [7, 11) is 0. The molecule has 0 aliphatic rings. The number of aromatic carboxylic acids is 1. The van der Waals surface area contributed by atoms with Crippen molar-refractivity contribution in [1.82, 2.24) is 0 Å². The van der Waals surface area contributed by atoms with Crippen LogP contribution in [0.1, 0.15) is 40.4 Å². The fourth-order valence-corrected chi connectivity index (χ4v) is 2.11. The molecule has 0 radical (unpaired) electrons. The molecule has 0 saturated carbocycles. The summed E-state index contributed by atoms with van der Waals surface area (Å²) < 4.78 is 0. The second kappa shape index (κ2) is 7.31. The first kappa shape index (κ1) is 16.4. The third-order valence-corrected chi connectivity index (χ3v) is 3.36. The quantitative estimate of drug-likeness (QED) is 0.627. The number of ketones is 1. The molecule has 0 unspecified atom stereocenters. The fraction of sp³-hybridized carbons (Fsp3) is 0.105. The molecule has 0 aromatic heterocycles. The first-order valence-electron chi connectivity index (χ1n) is 7.25. The Hall–Kier alpha value is -3.01. The molecule has 4 heteroatoms. The van der Waals surface area contributed by atoms with E-state index in [1.165, 1.54) is 12.1 Å². The van der Waals surface area contributed by atoms with Gasteiger partial charge in [0.2, 0.25) is 0 Å². The number of hydrogen-bond acceptors (Lipinski definition) is 3. The SMILES string of the molecule is CCC(=O)C(=N)c1cc(/C=C/c2ccccc2)cc(C(=O)O)c1. The van der Waals surface area contributed by atoms with Gasteiger partial charge in [-0.05, 0) is 29.3 Å². The van der Waals surface area contributed by atoms with Crippen LogP contribution in [0.15, 0.2) is 48.5 Å². The van der Waals surface area contributed by atoms with Gasteiger partial charge in [0, 0.05) is 12.0 Å². The molecule has 2 aromatic carbocycles. The lowest BCUT2D eigenvalue weighted by molar-refractivity contribution is -0.112. The maximum absolute atomic E-state index is 11.7. The zero-order valence-corrected chi connectivity index (χ0v) is 12.7. The Balaban J connectivity index is 2.41. The van der Waals surface area contributed by atoms with Gasteiger partial charge in [-0.15, -0.1) is 0 Å². The molecule has 0 saturated heterocycles. The molecule has 116 valence electrons. The molecule has 2 rings (SSSR count). The number of carboxylic acid groups (broad SMARTS) is 1. The summed E-state index contributed by atoms with van der Waals surface area (Å²) in [5.74, 6) is -1.40. The lowest BCUT2D eigenvalue weighted by Gasteiger charge is -2.06. The molecular weight excluding hydrogens is 290 g/mol. The van der Waals surface area contributed by atoms with Crippen LogP contribution in [-0.2, 0) is 4.79 Å². The molecule has 4 nitrogen and oxygen atoms in total. The van der Waals surface area contributed by atoms with E-state index < -0.39 is 5.97 Å². The Morgan fingerprint density at radius 3 is 2.22 bits per heavy atom. The molecule has 0 aliphatic carbocycles. The molecule has 0 aliphatic heterocycles. The predicted octanol–water partition coefficient (Wildman–Crippen LogP) is 3.90. The van der Waals surface area contributed by atoms with E-state index in [2.05, 4.69) is 0 Å². The maximum Gasteiger partial charge on any atom is 0.335 e. The van der Waals surface area contributed by atoms with Crippen LogP contribution in [0.4, 0.5) is 0 Å². The van der Waals surface area contributed by atoms with Gasteiger partial charge >= 0.3 is 5.97 Å². The van der Waals surface area contributed by atoms with Crippen LogP contribution >= 0.6 is 0 Å². The van der Waals surface area contributed by atoms with Crippen molar-refractivity contribution in [3.8, 4) is 0 Å². The van der Waals surface area contributed by atoms with Crippen molar-refractivity contribution < 1.29 is 14.7 Å². The minimum atomic E-state index is -1.09. The molecule has 0 heterocycles. The van der Waals surface area contributed by atoms with Crippen LogP contribution in [0.5, 0.6) is 0 Å². The minimum Gasteiger partial charge on any atom is -0.478 e. The van der Waals surface area contributed by atoms with E-state index in [-0.39, 0.29) is 23.5 Å². The van der Waals surface area contributed by atoms with E-state index in [1.54, 1.807) is 19.1 Å². The van der Waals surface area contributed by atoms with E-state index in [1.807, 2.05) is 36.4 Å². The topological polar surface area (TPSA) is 78.2 Å². The number of nitrogens with one attached hydrogen (secondary N) is 1. The number of benzene rings is 2. The molecule has 0 fully saturated rings. The molecule has 23 heavy (non-hydrogen) atoms. The van der Waals surface area contributed by atoms with Gasteiger partial charge in [-0.1, -0.05) is 49.4 Å². The van der Waals surface area contributed by atoms with Crippen molar-refractivity contribution in [3.63, 3.8) is 0 Å². The van der Waals surface area contributed by atoms with Crippen molar-refractivity contribution >= 4 is 29.6 Å². The average molecular weight is 307 g/mol. The second-order valence-corrected chi connectivity index (χ2v) is 5.04. The summed E-state index contributed by atoms with van der Waals surface area (Å²) in [6.07, 6.45) is 3.84. The van der Waals surface area contributed by atoms with Gasteiger partial charge in [0.1, 0.15) is 5.71 Å². The Bertz CT molecular complexity index is 776. The molecule has 0 amide bonds. The van der Waals surface area contributed by atoms with E-state index in [0.717, 1.165) is 5.56 Å². The monoisotopic (exact) mass is 307 g/mol. The van der Waals surface area contributed by atoms with Gasteiger partial charge in [-0.3, -0.25) is 10.2 Å². The second-order valence-electron chi connectivity index (χ2n) is 5.04. The van der Waals surface area contributed by atoms with Crippen molar-refractivity contribution in [1.29, 1.82) is 5.41 Å². The lowest BCUT2D eigenvalue weighted by atomic mass is 9.98. The van der Waals surface area contributed by atoms with E-state index in [9.17, 15) is 14.7 Å². The van der Waals surface area contributed by atoms with Gasteiger partial charge in [-0.25, -0.2) is 4.79 Å². The molecule has 0 spiro atoms. The maximum atomic E-state index is 11.7. The minimum absolute atomic E-state index is 0.0591. The molecule has 0 atom stereocenters. The van der Waals surface area contributed by atoms with Gasteiger partial charge in [0.25, 0.3) is 0 Å². The van der Waals surface area contributed by atoms with Crippen molar-refractivity contribution in [2.45, 2.75) is 13.3 Å². The normalized spacial score (nSPS) is 10.7. The number of carboxylic acids is 1. The number of carbonyl (C=O) groups excluding carboxylic acids is 1. The van der Waals surface area contributed by atoms with Crippen molar-refractivity contribution in [3.05, 3.63) is 70.8 Å². The van der Waals surface area contributed by atoms with Gasteiger partial charge in [0.05, 0.1) is 5.56 Å². The first-order chi connectivity index (χ1) is 11.0. The van der Waals surface area contributed by atoms with Crippen LogP contribution in [0.3, 0.4) is 0 Å². The average Bonchev–Trinajstić information content (AvgIpc) is 2.59. The summed E-state index contributed by atoms with van der Waals surface area (Å²) in [5, 5.41) is 17.1. The highest BCUT2D eigenvalue weighted by atomic mass is 16.4. The summed E-state index contributed by atoms with van der Waals surface area (Å²) in [5.41, 5.74) is 1.84. The number of Topliss-reactive ketones (excluding diaryl/α,β-unsaturated/α-hetero) is 1. The van der Waals surface area contributed by atoms with Crippen molar-refractivity contribution in [2.24, 2.45) is 0 Å². The predicted molar refractivity (Wildman–Crippen MR) is 90.9 cm³/mol. The van der Waals surface area contributed by atoms with Crippen LogP contribution in [0.25, 0.3) is 12.2 Å². The Labute approximate surface area is 134 Å². The van der Waals surface area contributed by atoms with E-state index in [4.69, 9.17) is 5.41 Å². The van der Waals surface area contributed by atoms with E-state index in [0.29, 0.717) is 11.1 Å². The van der Waals surface area contributed by atoms with Crippen molar-refractivity contribution in [2.75, 3.05) is 0 Å². The Morgan fingerprint density at radius 1 is 1.00 bits per heavy atom. The van der Waals surface area contributed by atoms with Gasteiger partial charge in [0.15, 0.2) is 5.78 Å². The lowest BCUT2D eigenvalue weighted by Crippen LogP contribution is -2.14. The molecule has 0 bridgehead atoms. The number of rotatable bonds is 6. The smallest absolute Gasteiger partial charge is 0.335 e. The molecule has 2 N–H and O–H groups in total. The zero-order chi connectivity index (χ0) is 16.8. The summed E-state index contributed by atoms with van der Waals surface area (Å²) in [6.45, 7) is 1.67. The fourth-order valence-electron chi connectivity index (χ4n) is 2.11. The van der Waals surface area contributed by atoms with Crippen LogP contribution in [-0.4, -0.2) is 22.6 Å². The Kier molecular flexibility index (Phi) is 5.20. The Morgan fingerprint density at radius 2 is 1.61 bits per heavy atom. The summed E-state index contributed by atoms with van der Waals surface area (Å²) in [4.78, 5) is 23.0. The largest absolute Gasteiger partial charge is 0.478 e. The number of carbonyl (C=O) groups is 2. The van der Waals surface area contributed by atoms with Gasteiger partial charge < -0.3 is 5.11 Å². The number of hydrogen-bond donors (Lipinski definition) is 2. The van der Waals surface area contributed by atoms with Gasteiger partial charge in [-0.2, -0.15) is 0 Å². The zero-order valence-electron chi connectivity index (χ0n) is 12.7. The molecule has 2 aromatic rings. The summed E-state index contributed by atoms with van der Waals surface area (Å²) in [6, 6.07) is 14.1. The highest BCUT2D eigenvalue weighted by molar-refractivity contribution is 6.45. The van der Waals surface area contributed by atoms with Crippen LogP contribution in [0, 0.1) is 5.41 Å². The molecular formula is C19H17NO3.